The van der Waals surface area contributed by atoms with E-state index in [4.69, 9.17) is 16.3 Å². The maximum atomic E-state index is 13.1. The highest BCUT2D eigenvalue weighted by molar-refractivity contribution is 7.18. The molecule has 2 saturated heterocycles. The van der Waals surface area contributed by atoms with Crippen molar-refractivity contribution in [3.8, 4) is 5.69 Å². The fourth-order valence-electron chi connectivity index (χ4n) is 4.71. The number of amides is 4. The first-order chi connectivity index (χ1) is 17.4. The average Bonchev–Trinajstić information content (AvgIpc) is 3.66. The number of aromatic nitrogens is 2. The number of fused-ring (bicyclic) bond motifs is 1. The third-order valence-corrected chi connectivity index (χ3v) is 7.76. The fourth-order valence-corrected chi connectivity index (χ4v) is 5.66. The van der Waals surface area contributed by atoms with Crippen LogP contribution in [0.1, 0.15) is 21.9 Å². The number of imidazole rings is 1. The molecule has 1 aromatic carbocycles. The van der Waals surface area contributed by atoms with Crippen molar-refractivity contribution in [2.45, 2.75) is 25.0 Å². The summed E-state index contributed by atoms with van der Waals surface area (Å²) in [5, 5.41) is 3.08. The van der Waals surface area contributed by atoms with E-state index in [0.29, 0.717) is 28.1 Å². The molecule has 10 nitrogen and oxygen atoms in total. The molecule has 0 aliphatic carbocycles. The molecular weight excluding hydrogens is 504 g/mol. The third-order valence-electron chi connectivity index (χ3n) is 6.53. The van der Waals surface area contributed by atoms with Crippen LogP contribution in [0, 0.1) is 0 Å². The molecule has 0 unspecified atom stereocenters. The molecule has 4 heterocycles. The van der Waals surface area contributed by atoms with Crippen molar-refractivity contribution in [3.05, 3.63) is 63.8 Å². The zero-order valence-corrected chi connectivity index (χ0v) is 21.3. The molecule has 0 spiro atoms. The molecule has 2 fully saturated rings. The lowest BCUT2D eigenvalue weighted by atomic mass is 10.1. The molecule has 188 valence electrons. The molecule has 3 aromatic rings. The molecule has 4 amide bonds. The Bertz CT molecular complexity index is 1290. The summed E-state index contributed by atoms with van der Waals surface area (Å²) < 4.78 is 7.20. The number of anilines is 1. The van der Waals surface area contributed by atoms with Gasteiger partial charge in [0, 0.05) is 37.4 Å². The Hall–Kier alpha value is -3.57. The van der Waals surface area contributed by atoms with Gasteiger partial charge in [-0.25, -0.2) is 14.6 Å². The largest absolute Gasteiger partial charge is 0.453 e. The van der Waals surface area contributed by atoms with Crippen LogP contribution in [-0.4, -0.2) is 76.7 Å². The highest BCUT2D eigenvalue weighted by atomic mass is 35.5. The van der Waals surface area contributed by atoms with E-state index >= 15 is 0 Å². The molecular formula is C24H25ClN6O4S. The van der Waals surface area contributed by atoms with Crippen LogP contribution >= 0.6 is 22.9 Å². The lowest BCUT2D eigenvalue weighted by Crippen LogP contribution is -2.44. The predicted octanol–water partition coefficient (Wildman–Crippen LogP) is 3.60. The van der Waals surface area contributed by atoms with Crippen molar-refractivity contribution in [2.75, 3.05) is 32.1 Å². The van der Waals surface area contributed by atoms with Gasteiger partial charge in [-0.05, 0) is 42.8 Å². The summed E-state index contributed by atoms with van der Waals surface area (Å²) in [6.07, 6.45) is 3.77. The van der Waals surface area contributed by atoms with Crippen molar-refractivity contribution < 1.29 is 19.1 Å². The van der Waals surface area contributed by atoms with Gasteiger partial charge in [0.05, 0.1) is 41.5 Å². The van der Waals surface area contributed by atoms with Crippen LogP contribution in [0.15, 0.2) is 48.8 Å². The smallest absolute Gasteiger partial charge is 0.409 e. The maximum absolute atomic E-state index is 13.1. The Kier molecular flexibility index (Phi) is 6.59. The second kappa shape index (κ2) is 9.82. The molecule has 0 saturated carbocycles. The van der Waals surface area contributed by atoms with Gasteiger partial charge in [0.15, 0.2) is 0 Å². The first kappa shape index (κ1) is 24.1. The minimum absolute atomic E-state index is 0.0633. The zero-order valence-electron chi connectivity index (χ0n) is 19.8. The number of rotatable bonds is 6. The summed E-state index contributed by atoms with van der Waals surface area (Å²) in [5.41, 5.74) is 1.64. The molecule has 1 N–H and O–H groups in total. The number of thiophene rings is 1. The second-order valence-electron chi connectivity index (χ2n) is 8.68. The quantitative estimate of drug-likeness (QED) is 0.527. The first-order valence-corrected chi connectivity index (χ1v) is 12.6. The van der Waals surface area contributed by atoms with Gasteiger partial charge >= 0.3 is 12.1 Å². The lowest BCUT2D eigenvalue weighted by Gasteiger charge is -2.20. The number of nitrogens with one attached hydrogen (secondary N) is 1. The van der Waals surface area contributed by atoms with Crippen LogP contribution in [-0.2, 0) is 11.3 Å². The Morgan fingerprint density at radius 3 is 2.67 bits per heavy atom. The second-order valence-corrected chi connectivity index (χ2v) is 10.4. The van der Waals surface area contributed by atoms with Crippen molar-refractivity contribution in [3.63, 3.8) is 0 Å². The van der Waals surface area contributed by atoms with Crippen molar-refractivity contribution >= 4 is 46.7 Å². The van der Waals surface area contributed by atoms with Gasteiger partial charge in [-0.1, -0.05) is 11.6 Å². The number of ether oxygens (including phenoxy) is 1. The molecule has 36 heavy (non-hydrogen) atoms. The minimum atomic E-state index is -0.443. The lowest BCUT2D eigenvalue weighted by molar-refractivity contribution is 0.0935. The molecule has 2 atom stereocenters. The van der Waals surface area contributed by atoms with E-state index in [1.165, 1.54) is 23.3 Å². The third kappa shape index (κ3) is 4.51. The molecule has 0 bridgehead atoms. The zero-order chi connectivity index (χ0) is 25.4. The fraction of sp³-hybridized carbons (Fsp3) is 0.333. The van der Waals surface area contributed by atoms with E-state index in [1.54, 1.807) is 30.3 Å². The molecule has 2 aromatic heterocycles. The van der Waals surface area contributed by atoms with Gasteiger partial charge in [-0.3, -0.25) is 9.69 Å². The predicted molar refractivity (Wildman–Crippen MR) is 136 cm³/mol. The summed E-state index contributed by atoms with van der Waals surface area (Å²) >= 11 is 7.20. The van der Waals surface area contributed by atoms with Crippen LogP contribution in [0.5, 0.6) is 0 Å². The summed E-state index contributed by atoms with van der Waals surface area (Å²) in [5.74, 6) is 0.516. The van der Waals surface area contributed by atoms with E-state index in [9.17, 15) is 14.4 Å². The normalized spacial score (nSPS) is 18.9. The topological polar surface area (TPSA) is 100 Å². The standard InChI is InChI=1S/C24H25ClN6O4S/c1-28(24(34)35-2)14-21-26-10-12-29(21)15-3-5-16(6-4-15)31-13-18-17(9-11-30(18)23(31)33)27-22(32)19-7-8-20(25)36-19/h3-8,10,12,17-18H,9,11,13-14H2,1-2H3,(H,27,32)/t17-,18-/m1/s1. The molecule has 2 aliphatic heterocycles. The Labute approximate surface area is 217 Å². The Balaban J connectivity index is 1.27. The number of hydrogen-bond donors (Lipinski definition) is 1. The summed E-state index contributed by atoms with van der Waals surface area (Å²) in [6, 6.07) is 10.8. The number of benzene rings is 1. The van der Waals surface area contributed by atoms with Gasteiger partial charge < -0.3 is 24.4 Å². The van der Waals surface area contributed by atoms with Crippen LogP contribution in [0.25, 0.3) is 5.69 Å². The van der Waals surface area contributed by atoms with Crippen LogP contribution in [0.4, 0.5) is 15.3 Å². The van der Waals surface area contributed by atoms with Crippen molar-refractivity contribution in [2.24, 2.45) is 0 Å². The van der Waals surface area contributed by atoms with E-state index in [2.05, 4.69) is 10.3 Å². The monoisotopic (exact) mass is 528 g/mol. The molecule has 0 radical (unpaired) electrons. The van der Waals surface area contributed by atoms with Gasteiger partial charge in [-0.15, -0.1) is 11.3 Å². The highest BCUT2D eigenvalue weighted by Crippen LogP contribution is 2.32. The van der Waals surface area contributed by atoms with Gasteiger partial charge in [-0.2, -0.15) is 0 Å². The summed E-state index contributed by atoms with van der Waals surface area (Å²) in [6.45, 7) is 1.38. The van der Waals surface area contributed by atoms with Gasteiger partial charge in [0.1, 0.15) is 5.82 Å². The minimum Gasteiger partial charge on any atom is -0.453 e. The van der Waals surface area contributed by atoms with E-state index < -0.39 is 6.09 Å². The van der Waals surface area contributed by atoms with E-state index in [1.807, 2.05) is 39.9 Å². The number of carbonyl (C=O) groups is 3. The van der Waals surface area contributed by atoms with E-state index in [0.717, 1.165) is 17.8 Å². The van der Waals surface area contributed by atoms with Crippen molar-refractivity contribution in [1.29, 1.82) is 0 Å². The number of carbonyl (C=O) groups excluding carboxylic acids is 3. The van der Waals surface area contributed by atoms with E-state index in [-0.39, 0.29) is 30.6 Å². The van der Waals surface area contributed by atoms with Crippen molar-refractivity contribution in [1.82, 2.24) is 24.7 Å². The average molecular weight is 529 g/mol. The summed E-state index contributed by atoms with van der Waals surface area (Å²) in [4.78, 5) is 47.4. The van der Waals surface area contributed by atoms with Crippen LogP contribution in [0.2, 0.25) is 4.34 Å². The Morgan fingerprint density at radius 2 is 1.97 bits per heavy atom. The van der Waals surface area contributed by atoms with Crippen LogP contribution < -0.4 is 10.2 Å². The number of halogens is 1. The van der Waals surface area contributed by atoms with Crippen LogP contribution in [0.3, 0.4) is 0 Å². The molecule has 12 heteroatoms. The SMILES string of the molecule is COC(=O)N(C)Cc1nccn1-c1ccc(N2C[C@@H]3[C@H](NC(=O)c4ccc(Cl)s4)CCN3C2=O)cc1. The molecule has 2 aliphatic rings. The maximum Gasteiger partial charge on any atom is 0.409 e. The number of hydrogen-bond acceptors (Lipinski definition) is 6. The number of methoxy groups -OCH3 is 1. The Morgan fingerprint density at radius 1 is 1.22 bits per heavy atom. The number of urea groups is 1. The van der Waals surface area contributed by atoms with Gasteiger partial charge in [0.2, 0.25) is 0 Å². The summed E-state index contributed by atoms with van der Waals surface area (Å²) in [7, 11) is 2.98. The first-order valence-electron chi connectivity index (χ1n) is 11.4. The molecule has 5 rings (SSSR count). The highest BCUT2D eigenvalue weighted by Gasteiger charge is 2.46. The number of nitrogens with zero attached hydrogens (tertiary/aromatic N) is 5. The van der Waals surface area contributed by atoms with Gasteiger partial charge in [0.25, 0.3) is 5.91 Å².